The molecule has 0 unspecified atom stereocenters. The minimum absolute atomic E-state index is 0.216. The summed E-state index contributed by atoms with van der Waals surface area (Å²) in [5.74, 6) is 0.378. The van der Waals surface area contributed by atoms with Crippen molar-refractivity contribution < 1.29 is 9.53 Å². The van der Waals surface area contributed by atoms with Gasteiger partial charge >= 0.3 is 0 Å². The molecule has 0 saturated carbocycles. The van der Waals surface area contributed by atoms with E-state index in [-0.39, 0.29) is 11.9 Å². The highest BCUT2D eigenvalue weighted by Crippen LogP contribution is 2.24. The van der Waals surface area contributed by atoms with Gasteiger partial charge in [0.05, 0.1) is 24.6 Å². The summed E-state index contributed by atoms with van der Waals surface area (Å²) in [5.41, 5.74) is 1.87. The van der Waals surface area contributed by atoms with E-state index in [1.807, 2.05) is 30.7 Å². The number of aromatic nitrogens is 3. The van der Waals surface area contributed by atoms with Crippen LogP contribution in [0.15, 0.2) is 42.7 Å². The number of carbonyl (C=O) groups excluding carboxylic acids is 1. The van der Waals surface area contributed by atoms with Crippen LogP contribution < -0.4 is 10.1 Å². The fourth-order valence-corrected chi connectivity index (χ4v) is 2.38. The van der Waals surface area contributed by atoms with Crippen LogP contribution >= 0.6 is 0 Å². The monoisotopic (exact) mass is 310 g/mol. The second-order valence-electron chi connectivity index (χ2n) is 5.47. The van der Waals surface area contributed by atoms with Crippen LogP contribution in [0.1, 0.15) is 30.2 Å². The largest absolute Gasteiger partial charge is 0.495 e. The van der Waals surface area contributed by atoms with Gasteiger partial charge in [0, 0.05) is 17.6 Å². The quantitative estimate of drug-likeness (QED) is 0.803. The van der Waals surface area contributed by atoms with E-state index in [1.54, 1.807) is 37.7 Å². The van der Waals surface area contributed by atoms with Crippen LogP contribution in [0.25, 0.3) is 11.0 Å². The summed E-state index contributed by atoms with van der Waals surface area (Å²) in [4.78, 5) is 16.8. The summed E-state index contributed by atoms with van der Waals surface area (Å²) in [6.07, 6.45) is 3.29. The minimum Gasteiger partial charge on any atom is -0.495 e. The second-order valence-corrected chi connectivity index (χ2v) is 5.47. The Hall–Kier alpha value is -2.89. The molecule has 2 aromatic heterocycles. The van der Waals surface area contributed by atoms with Crippen LogP contribution in [0, 0.1) is 0 Å². The topological polar surface area (TPSA) is 69.0 Å². The molecule has 0 saturated heterocycles. The molecule has 0 aliphatic carbocycles. The number of anilines is 1. The lowest BCUT2D eigenvalue weighted by atomic mass is 10.2. The van der Waals surface area contributed by atoms with Gasteiger partial charge in [0.25, 0.3) is 5.91 Å². The van der Waals surface area contributed by atoms with Crippen molar-refractivity contribution in [2.45, 2.75) is 19.9 Å². The maximum absolute atomic E-state index is 12.4. The summed E-state index contributed by atoms with van der Waals surface area (Å²) in [6.45, 7) is 4.08. The average Bonchev–Trinajstić information content (AvgIpc) is 2.98. The molecule has 1 aromatic carbocycles. The lowest BCUT2D eigenvalue weighted by Gasteiger charge is -2.10. The van der Waals surface area contributed by atoms with Gasteiger partial charge < -0.3 is 10.1 Å². The maximum Gasteiger partial charge on any atom is 0.257 e. The Labute approximate surface area is 134 Å². The smallest absolute Gasteiger partial charge is 0.257 e. The first kappa shape index (κ1) is 15.0. The molecular weight excluding hydrogens is 292 g/mol. The van der Waals surface area contributed by atoms with Gasteiger partial charge in [-0.15, -0.1) is 0 Å². The van der Waals surface area contributed by atoms with Gasteiger partial charge in [0.2, 0.25) is 0 Å². The Morgan fingerprint density at radius 2 is 2.04 bits per heavy atom. The molecule has 3 aromatic rings. The number of ether oxygens (including phenoxy) is 1. The molecule has 0 spiro atoms. The third-order valence-corrected chi connectivity index (χ3v) is 3.54. The van der Waals surface area contributed by atoms with E-state index >= 15 is 0 Å². The standard InChI is InChI=1S/C17H18N4O2/c1-11(2)21-16-12(10-19-21)8-13(9-18-16)17(22)20-14-6-4-5-7-15(14)23-3/h4-11H,1-3H3,(H,20,22). The van der Waals surface area contributed by atoms with Gasteiger partial charge in [0.1, 0.15) is 5.75 Å². The predicted octanol–water partition coefficient (Wildman–Crippen LogP) is 3.27. The van der Waals surface area contributed by atoms with E-state index in [4.69, 9.17) is 4.74 Å². The number of nitrogens with one attached hydrogen (secondary N) is 1. The molecule has 118 valence electrons. The SMILES string of the molecule is COc1ccccc1NC(=O)c1cnc2c(cnn2C(C)C)c1. The van der Waals surface area contributed by atoms with Crippen LogP contribution in [0.4, 0.5) is 5.69 Å². The normalized spacial score (nSPS) is 11.0. The van der Waals surface area contributed by atoms with Crippen molar-refractivity contribution in [2.75, 3.05) is 12.4 Å². The lowest BCUT2D eigenvalue weighted by molar-refractivity contribution is 0.102. The van der Waals surface area contributed by atoms with E-state index in [1.165, 1.54) is 0 Å². The van der Waals surface area contributed by atoms with Crippen molar-refractivity contribution >= 4 is 22.6 Å². The van der Waals surface area contributed by atoms with Crippen LogP contribution in [0.3, 0.4) is 0 Å². The number of carbonyl (C=O) groups is 1. The number of pyridine rings is 1. The predicted molar refractivity (Wildman–Crippen MR) is 88.9 cm³/mol. The number of para-hydroxylation sites is 2. The fraction of sp³-hybridized carbons (Fsp3) is 0.235. The minimum atomic E-state index is -0.235. The molecule has 2 heterocycles. The van der Waals surface area contributed by atoms with Crippen LogP contribution in [-0.2, 0) is 0 Å². The molecule has 1 N–H and O–H groups in total. The number of methoxy groups -OCH3 is 1. The maximum atomic E-state index is 12.4. The first-order chi connectivity index (χ1) is 11.1. The van der Waals surface area contributed by atoms with Gasteiger partial charge in [0.15, 0.2) is 5.65 Å². The third kappa shape index (κ3) is 2.88. The van der Waals surface area contributed by atoms with Crippen LogP contribution in [0.2, 0.25) is 0 Å². The highest BCUT2D eigenvalue weighted by Gasteiger charge is 2.13. The highest BCUT2D eigenvalue weighted by molar-refractivity contribution is 6.06. The van der Waals surface area contributed by atoms with E-state index in [2.05, 4.69) is 15.4 Å². The summed E-state index contributed by atoms with van der Waals surface area (Å²) >= 11 is 0. The molecule has 0 bridgehead atoms. The summed E-state index contributed by atoms with van der Waals surface area (Å²) in [6, 6.07) is 9.28. The number of fused-ring (bicyclic) bond motifs is 1. The van der Waals surface area contributed by atoms with Crippen LogP contribution in [0.5, 0.6) is 5.75 Å². The Bertz CT molecular complexity index is 855. The summed E-state index contributed by atoms with van der Waals surface area (Å²) in [5, 5.41) is 7.99. The number of nitrogens with zero attached hydrogens (tertiary/aromatic N) is 3. The lowest BCUT2D eigenvalue weighted by Crippen LogP contribution is -2.13. The van der Waals surface area contributed by atoms with E-state index < -0.39 is 0 Å². The first-order valence-corrected chi connectivity index (χ1v) is 7.38. The third-order valence-electron chi connectivity index (χ3n) is 3.54. The number of benzene rings is 1. The highest BCUT2D eigenvalue weighted by atomic mass is 16.5. The van der Waals surface area contributed by atoms with Gasteiger partial charge in [-0.3, -0.25) is 4.79 Å². The Morgan fingerprint density at radius 1 is 1.26 bits per heavy atom. The number of rotatable bonds is 4. The molecule has 23 heavy (non-hydrogen) atoms. The first-order valence-electron chi connectivity index (χ1n) is 7.38. The van der Waals surface area contributed by atoms with Gasteiger partial charge in [-0.2, -0.15) is 5.10 Å². The van der Waals surface area contributed by atoms with E-state index in [9.17, 15) is 4.79 Å². The van der Waals surface area contributed by atoms with Crippen LogP contribution in [-0.4, -0.2) is 27.8 Å². The Morgan fingerprint density at radius 3 is 2.78 bits per heavy atom. The molecule has 0 radical (unpaired) electrons. The van der Waals surface area contributed by atoms with Crippen molar-refractivity contribution in [3.05, 3.63) is 48.3 Å². The van der Waals surface area contributed by atoms with Crippen molar-refractivity contribution in [1.29, 1.82) is 0 Å². The number of hydrogen-bond donors (Lipinski definition) is 1. The van der Waals surface area contributed by atoms with E-state index in [0.717, 1.165) is 11.0 Å². The Kier molecular flexibility index (Phi) is 3.97. The van der Waals surface area contributed by atoms with Gasteiger partial charge in [-0.05, 0) is 32.0 Å². The number of hydrogen-bond acceptors (Lipinski definition) is 4. The number of amides is 1. The zero-order valence-electron chi connectivity index (χ0n) is 13.3. The molecule has 1 amide bonds. The molecule has 0 aliphatic heterocycles. The van der Waals surface area contributed by atoms with Crippen molar-refractivity contribution in [3.63, 3.8) is 0 Å². The van der Waals surface area contributed by atoms with Gasteiger partial charge in [-0.1, -0.05) is 12.1 Å². The summed E-state index contributed by atoms with van der Waals surface area (Å²) in [7, 11) is 1.57. The molecule has 3 rings (SSSR count). The fourth-order valence-electron chi connectivity index (χ4n) is 2.38. The summed E-state index contributed by atoms with van der Waals surface area (Å²) < 4.78 is 7.07. The Balaban J connectivity index is 1.89. The van der Waals surface area contributed by atoms with Crippen molar-refractivity contribution in [3.8, 4) is 5.75 Å². The van der Waals surface area contributed by atoms with Crippen molar-refractivity contribution in [1.82, 2.24) is 14.8 Å². The average molecular weight is 310 g/mol. The van der Waals surface area contributed by atoms with Gasteiger partial charge in [-0.25, -0.2) is 9.67 Å². The second kappa shape index (κ2) is 6.08. The van der Waals surface area contributed by atoms with Crippen molar-refractivity contribution in [2.24, 2.45) is 0 Å². The molecule has 0 fully saturated rings. The molecule has 0 aliphatic rings. The zero-order valence-corrected chi connectivity index (χ0v) is 13.3. The van der Waals surface area contributed by atoms with E-state index in [0.29, 0.717) is 17.0 Å². The molecule has 0 atom stereocenters. The molecule has 6 heteroatoms. The molecule has 6 nitrogen and oxygen atoms in total. The molecular formula is C17H18N4O2. The zero-order chi connectivity index (χ0) is 16.4.